The lowest BCUT2D eigenvalue weighted by molar-refractivity contribution is -0.153. The third-order valence-electron chi connectivity index (χ3n) is 6.16. The highest BCUT2D eigenvalue weighted by Gasteiger charge is 2.42. The number of aromatic nitrogens is 3. The van der Waals surface area contributed by atoms with E-state index in [1.165, 1.54) is 6.92 Å². The number of halogens is 1. The lowest BCUT2D eigenvalue weighted by Crippen LogP contribution is -2.45. The molecule has 2 aromatic heterocycles. The number of nitriles is 1. The van der Waals surface area contributed by atoms with Gasteiger partial charge in [-0.2, -0.15) is 5.26 Å². The van der Waals surface area contributed by atoms with E-state index in [1.54, 1.807) is 10.7 Å². The second kappa shape index (κ2) is 7.81. The molecule has 9 heteroatoms. The van der Waals surface area contributed by atoms with Crippen molar-refractivity contribution >= 4 is 29.0 Å². The average molecular weight is 418 g/mol. The van der Waals surface area contributed by atoms with Gasteiger partial charge in [0.2, 0.25) is 5.95 Å². The zero-order valence-corrected chi connectivity index (χ0v) is 17.3. The third-order valence-corrected chi connectivity index (χ3v) is 6.55. The van der Waals surface area contributed by atoms with E-state index >= 15 is 0 Å². The standard InChI is InChI=1S/C20H24ClN5O3/c1-3-20(6-4-7-20)18-13(9-22)17(21)15-10-23-19(25-26(15)18)24-14-5-8-28-11-16(14)29-12(2)27/h10,14,16H,3-8,11H2,1-2H3,(H,24,25). The van der Waals surface area contributed by atoms with Gasteiger partial charge in [-0.05, 0) is 25.7 Å². The van der Waals surface area contributed by atoms with Crippen LogP contribution >= 0.6 is 11.6 Å². The molecule has 1 saturated heterocycles. The van der Waals surface area contributed by atoms with E-state index in [1.807, 2.05) is 0 Å². The van der Waals surface area contributed by atoms with Gasteiger partial charge in [0.25, 0.3) is 0 Å². The summed E-state index contributed by atoms with van der Waals surface area (Å²) in [6.45, 7) is 4.42. The molecule has 2 fully saturated rings. The number of carbonyl (C=O) groups excluding carboxylic acids is 1. The van der Waals surface area contributed by atoms with Crippen molar-refractivity contribution in [3.63, 3.8) is 0 Å². The molecular formula is C20H24ClN5O3. The van der Waals surface area contributed by atoms with Crippen LogP contribution in [0.3, 0.4) is 0 Å². The van der Waals surface area contributed by atoms with Crippen LogP contribution in [0, 0.1) is 11.3 Å². The summed E-state index contributed by atoms with van der Waals surface area (Å²) in [5, 5.41) is 18.1. The molecule has 2 aromatic rings. The minimum atomic E-state index is -0.406. The summed E-state index contributed by atoms with van der Waals surface area (Å²) in [5.41, 5.74) is 1.92. The summed E-state index contributed by atoms with van der Waals surface area (Å²) in [6.07, 6.45) is 5.99. The number of nitrogens with zero attached hydrogens (tertiary/aromatic N) is 4. The smallest absolute Gasteiger partial charge is 0.303 e. The number of ether oxygens (including phenoxy) is 2. The molecule has 2 unspecified atom stereocenters. The topological polar surface area (TPSA) is 102 Å². The van der Waals surface area contributed by atoms with Crippen molar-refractivity contribution < 1.29 is 14.3 Å². The maximum absolute atomic E-state index is 11.4. The molecule has 0 amide bonds. The van der Waals surface area contributed by atoms with Crippen LogP contribution in [-0.2, 0) is 19.7 Å². The SMILES string of the molecule is CCC1(c2c(C#N)c(Cl)c3cnc(NC4CCOCC4OC(C)=O)nn23)CCC1. The van der Waals surface area contributed by atoms with E-state index in [9.17, 15) is 10.1 Å². The van der Waals surface area contributed by atoms with Gasteiger partial charge in [0.15, 0.2) is 0 Å². The Balaban J connectivity index is 1.72. The molecule has 0 bridgehead atoms. The fourth-order valence-corrected chi connectivity index (χ4v) is 4.66. The van der Waals surface area contributed by atoms with Crippen molar-refractivity contribution in [3.8, 4) is 6.07 Å². The Kier molecular flexibility index (Phi) is 5.36. The summed E-state index contributed by atoms with van der Waals surface area (Å²) in [7, 11) is 0. The van der Waals surface area contributed by atoms with E-state index < -0.39 is 6.10 Å². The van der Waals surface area contributed by atoms with Crippen molar-refractivity contribution in [2.24, 2.45) is 0 Å². The predicted octanol–water partition coefficient (Wildman–Crippen LogP) is 3.22. The molecule has 3 heterocycles. The minimum absolute atomic E-state index is 0.0777. The van der Waals surface area contributed by atoms with Gasteiger partial charge in [-0.25, -0.2) is 9.50 Å². The molecule has 29 heavy (non-hydrogen) atoms. The van der Waals surface area contributed by atoms with Gasteiger partial charge in [0.1, 0.15) is 17.7 Å². The molecule has 1 aliphatic heterocycles. The van der Waals surface area contributed by atoms with Crippen LogP contribution in [0.2, 0.25) is 5.02 Å². The molecule has 8 nitrogen and oxygen atoms in total. The monoisotopic (exact) mass is 417 g/mol. The highest BCUT2D eigenvalue weighted by molar-refractivity contribution is 6.35. The number of rotatable bonds is 5. The number of carbonyl (C=O) groups is 1. The van der Waals surface area contributed by atoms with Gasteiger partial charge in [-0.1, -0.05) is 24.9 Å². The molecule has 1 N–H and O–H groups in total. The largest absolute Gasteiger partial charge is 0.458 e. The maximum atomic E-state index is 11.4. The van der Waals surface area contributed by atoms with Crippen molar-refractivity contribution in [1.82, 2.24) is 14.6 Å². The molecule has 1 aliphatic carbocycles. The zero-order valence-electron chi connectivity index (χ0n) is 16.6. The number of fused-ring (bicyclic) bond motifs is 1. The Morgan fingerprint density at radius 3 is 2.97 bits per heavy atom. The average Bonchev–Trinajstić information content (AvgIpc) is 2.94. The van der Waals surface area contributed by atoms with Crippen LogP contribution in [0.4, 0.5) is 5.95 Å². The normalized spacial score (nSPS) is 23.2. The first-order chi connectivity index (χ1) is 14.0. The summed E-state index contributed by atoms with van der Waals surface area (Å²) >= 11 is 6.51. The third kappa shape index (κ3) is 3.43. The first-order valence-corrected chi connectivity index (χ1v) is 10.4. The lowest BCUT2D eigenvalue weighted by atomic mass is 9.64. The highest BCUT2D eigenvalue weighted by atomic mass is 35.5. The summed E-state index contributed by atoms with van der Waals surface area (Å²) < 4.78 is 12.6. The number of esters is 1. The first kappa shape index (κ1) is 19.9. The van der Waals surface area contributed by atoms with Crippen molar-refractivity contribution in [3.05, 3.63) is 22.5 Å². The Morgan fingerprint density at radius 1 is 1.55 bits per heavy atom. The molecular weight excluding hydrogens is 394 g/mol. The number of hydrogen-bond donors (Lipinski definition) is 1. The maximum Gasteiger partial charge on any atom is 0.303 e. The quantitative estimate of drug-likeness (QED) is 0.745. The van der Waals surface area contributed by atoms with Gasteiger partial charge in [-0.3, -0.25) is 4.79 Å². The van der Waals surface area contributed by atoms with Crippen LogP contribution in [0.15, 0.2) is 6.20 Å². The molecule has 2 aliphatic rings. The Morgan fingerprint density at radius 2 is 2.34 bits per heavy atom. The highest BCUT2D eigenvalue weighted by Crippen LogP contribution is 2.49. The van der Waals surface area contributed by atoms with Crippen LogP contribution in [0.5, 0.6) is 0 Å². The van der Waals surface area contributed by atoms with Gasteiger partial charge >= 0.3 is 5.97 Å². The number of anilines is 1. The van der Waals surface area contributed by atoms with Gasteiger partial charge < -0.3 is 14.8 Å². The predicted molar refractivity (Wildman–Crippen MR) is 107 cm³/mol. The molecule has 1 saturated carbocycles. The second-order valence-corrected chi connectivity index (χ2v) is 8.16. The van der Waals surface area contributed by atoms with E-state index in [-0.39, 0.29) is 17.4 Å². The minimum Gasteiger partial charge on any atom is -0.458 e. The van der Waals surface area contributed by atoms with Crippen molar-refractivity contribution in [1.29, 1.82) is 5.26 Å². The van der Waals surface area contributed by atoms with E-state index in [0.717, 1.165) is 31.4 Å². The fourth-order valence-electron chi connectivity index (χ4n) is 4.40. The molecule has 2 atom stereocenters. The van der Waals surface area contributed by atoms with Crippen LogP contribution in [0.25, 0.3) is 5.52 Å². The van der Waals surface area contributed by atoms with E-state index in [2.05, 4.69) is 28.4 Å². The van der Waals surface area contributed by atoms with Gasteiger partial charge in [-0.15, -0.1) is 5.10 Å². The Labute approximate surface area is 174 Å². The summed E-state index contributed by atoms with van der Waals surface area (Å²) in [4.78, 5) is 15.8. The number of hydrogen-bond acceptors (Lipinski definition) is 7. The molecule has 0 aromatic carbocycles. The molecule has 0 radical (unpaired) electrons. The Hall–Kier alpha value is -2.37. The Bertz CT molecular complexity index is 973. The second-order valence-electron chi connectivity index (χ2n) is 7.78. The molecule has 4 rings (SSSR count). The van der Waals surface area contributed by atoms with Crippen molar-refractivity contribution in [2.45, 2.75) is 63.5 Å². The fraction of sp³-hybridized carbons (Fsp3) is 0.600. The molecule has 0 spiro atoms. The van der Waals surface area contributed by atoms with Crippen LogP contribution in [-0.4, -0.2) is 45.9 Å². The van der Waals surface area contributed by atoms with Gasteiger partial charge in [0, 0.05) is 18.9 Å². The summed E-state index contributed by atoms with van der Waals surface area (Å²) in [5.74, 6) is 0.0567. The molecule has 154 valence electrons. The lowest BCUT2D eigenvalue weighted by Gasteiger charge is -2.41. The van der Waals surface area contributed by atoms with Gasteiger partial charge in [0.05, 0.1) is 35.1 Å². The van der Waals surface area contributed by atoms with Crippen LogP contribution < -0.4 is 5.32 Å². The zero-order chi connectivity index (χ0) is 20.6. The van der Waals surface area contributed by atoms with Crippen molar-refractivity contribution in [2.75, 3.05) is 18.5 Å². The van der Waals surface area contributed by atoms with E-state index in [4.69, 9.17) is 21.1 Å². The summed E-state index contributed by atoms with van der Waals surface area (Å²) in [6, 6.07) is 2.12. The van der Waals surface area contributed by atoms with E-state index in [0.29, 0.717) is 41.7 Å². The number of nitrogens with one attached hydrogen (secondary N) is 1. The van der Waals surface area contributed by atoms with Crippen LogP contribution in [0.1, 0.15) is 57.2 Å². The first-order valence-electron chi connectivity index (χ1n) is 9.98.